The number of rotatable bonds is 4. The molecule has 0 atom stereocenters. The number of anilines is 1. The van der Waals surface area contributed by atoms with Gasteiger partial charge in [-0.25, -0.2) is 9.97 Å². The Kier molecular flexibility index (Phi) is 5.20. The topological polar surface area (TPSA) is 54.9 Å². The highest BCUT2D eigenvalue weighted by molar-refractivity contribution is 7.99. The number of nitrogens with zero attached hydrogens (tertiary/aromatic N) is 2. The molecule has 1 N–H and O–H groups in total. The normalized spacial score (nSPS) is 10.5. The van der Waals surface area contributed by atoms with E-state index in [4.69, 9.17) is 11.6 Å². The number of hydrogen-bond donors (Lipinski definition) is 1. The standard InChI is InChI=1S/C15H16ClN3OS/c1-9-4-5-13(12(16)6-9)19-14(20)8-21-15-17-10(2)7-11(3)18-15/h4-7H,8H2,1-3H3,(H,19,20). The van der Waals surface area contributed by atoms with Gasteiger partial charge in [0.15, 0.2) is 5.16 Å². The van der Waals surface area contributed by atoms with Crippen LogP contribution in [0.3, 0.4) is 0 Å². The van der Waals surface area contributed by atoms with Crippen LogP contribution in [0.5, 0.6) is 0 Å². The maximum atomic E-state index is 11.9. The summed E-state index contributed by atoms with van der Waals surface area (Å²) in [4.78, 5) is 20.5. The molecule has 2 rings (SSSR count). The van der Waals surface area contributed by atoms with Gasteiger partial charge in [-0.1, -0.05) is 29.4 Å². The molecule has 1 aromatic carbocycles. The number of nitrogens with one attached hydrogen (secondary N) is 1. The number of halogens is 1. The van der Waals surface area contributed by atoms with Crippen molar-refractivity contribution in [1.82, 2.24) is 9.97 Å². The smallest absolute Gasteiger partial charge is 0.234 e. The first-order chi connectivity index (χ1) is 9.94. The molecule has 1 aromatic heterocycles. The van der Waals surface area contributed by atoms with Gasteiger partial charge in [-0.3, -0.25) is 4.79 Å². The van der Waals surface area contributed by atoms with Crippen LogP contribution in [0.15, 0.2) is 29.4 Å². The maximum absolute atomic E-state index is 11.9. The molecule has 0 bridgehead atoms. The van der Waals surface area contributed by atoms with E-state index in [-0.39, 0.29) is 11.7 Å². The number of aromatic nitrogens is 2. The molecule has 0 saturated heterocycles. The van der Waals surface area contributed by atoms with Crippen molar-refractivity contribution in [2.24, 2.45) is 0 Å². The van der Waals surface area contributed by atoms with Crippen LogP contribution >= 0.6 is 23.4 Å². The second-order valence-corrected chi connectivity index (χ2v) is 6.10. The van der Waals surface area contributed by atoms with Gasteiger partial charge in [-0.2, -0.15) is 0 Å². The summed E-state index contributed by atoms with van der Waals surface area (Å²) in [6.07, 6.45) is 0. The molecule has 0 spiro atoms. The zero-order chi connectivity index (χ0) is 15.4. The Hall–Kier alpha value is -1.59. The first kappa shape index (κ1) is 15.8. The molecule has 110 valence electrons. The molecule has 0 unspecified atom stereocenters. The maximum Gasteiger partial charge on any atom is 0.234 e. The highest BCUT2D eigenvalue weighted by Crippen LogP contribution is 2.23. The summed E-state index contributed by atoms with van der Waals surface area (Å²) in [5.74, 6) is 0.112. The van der Waals surface area contributed by atoms with Crippen molar-refractivity contribution >= 4 is 35.0 Å². The fourth-order valence-electron chi connectivity index (χ4n) is 1.80. The number of thioether (sulfide) groups is 1. The van der Waals surface area contributed by atoms with Crippen molar-refractivity contribution in [2.75, 3.05) is 11.1 Å². The highest BCUT2D eigenvalue weighted by Gasteiger charge is 2.08. The molecular weight excluding hydrogens is 306 g/mol. The molecule has 21 heavy (non-hydrogen) atoms. The molecule has 0 saturated carbocycles. The van der Waals surface area contributed by atoms with E-state index < -0.39 is 0 Å². The average Bonchev–Trinajstić information content (AvgIpc) is 2.39. The van der Waals surface area contributed by atoms with Gasteiger partial charge in [0.2, 0.25) is 5.91 Å². The summed E-state index contributed by atoms with van der Waals surface area (Å²) in [6.45, 7) is 5.76. The van der Waals surface area contributed by atoms with Gasteiger partial charge in [0.1, 0.15) is 0 Å². The summed E-state index contributed by atoms with van der Waals surface area (Å²) < 4.78 is 0. The van der Waals surface area contributed by atoms with E-state index in [1.54, 1.807) is 6.07 Å². The van der Waals surface area contributed by atoms with Crippen LogP contribution in [0.25, 0.3) is 0 Å². The fraction of sp³-hybridized carbons (Fsp3) is 0.267. The van der Waals surface area contributed by atoms with Crippen molar-refractivity contribution < 1.29 is 4.79 Å². The molecule has 2 aromatic rings. The zero-order valence-electron chi connectivity index (χ0n) is 12.1. The summed E-state index contributed by atoms with van der Waals surface area (Å²) in [5.41, 5.74) is 3.46. The van der Waals surface area contributed by atoms with E-state index in [1.165, 1.54) is 11.8 Å². The van der Waals surface area contributed by atoms with Crippen LogP contribution in [0, 0.1) is 20.8 Å². The summed E-state index contributed by atoms with van der Waals surface area (Å²) >= 11 is 7.39. The third-order valence-corrected chi connectivity index (χ3v) is 3.85. The van der Waals surface area contributed by atoms with E-state index >= 15 is 0 Å². The number of carbonyl (C=O) groups is 1. The molecule has 0 radical (unpaired) electrons. The predicted octanol–water partition coefficient (Wildman–Crippen LogP) is 3.79. The van der Waals surface area contributed by atoms with Gasteiger partial charge in [-0.05, 0) is 44.5 Å². The lowest BCUT2D eigenvalue weighted by molar-refractivity contribution is -0.113. The Morgan fingerprint density at radius 3 is 2.48 bits per heavy atom. The van der Waals surface area contributed by atoms with Gasteiger partial charge in [-0.15, -0.1) is 0 Å². The lowest BCUT2D eigenvalue weighted by Crippen LogP contribution is -2.14. The summed E-state index contributed by atoms with van der Waals surface area (Å²) in [7, 11) is 0. The largest absolute Gasteiger partial charge is 0.324 e. The molecule has 1 heterocycles. The monoisotopic (exact) mass is 321 g/mol. The van der Waals surface area contributed by atoms with E-state index in [2.05, 4.69) is 15.3 Å². The lowest BCUT2D eigenvalue weighted by atomic mass is 10.2. The predicted molar refractivity (Wildman–Crippen MR) is 87.0 cm³/mol. The molecule has 0 aliphatic rings. The van der Waals surface area contributed by atoms with Gasteiger partial charge in [0.25, 0.3) is 0 Å². The average molecular weight is 322 g/mol. The number of carbonyl (C=O) groups excluding carboxylic acids is 1. The van der Waals surface area contributed by atoms with Crippen molar-refractivity contribution in [1.29, 1.82) is 0 Å². The Bertz CT molecular complexity index is 656. The molecule has 4 nitrogen and oxygen atoms in total. The third kappa shape index (κ3) is 4.72. The molecule has 0 aliphatic heterocycles. The molecular formula is C15H16ClN3OS. The number of hydrogen-bond acceptors (Lipinski definition) is 4. The summed E-state index contributed by atoms with van der Waals surface area (Å²) in [6, 6.07) is 7.42. The second-order valence-electron chi connectivity index (χ2n) is 4.75. The van der Waals surface area contributed by atoms with E-state index in [0.717, 1.165) is 17.0 Å². The van der Waals surface area contributed by atoms with Crippen LogP contribution in [0.2, 0.25) is 5.02 Å². The number of amides is 1. The van der Waals surface area contributed by atoms with Crippen molar-refractivity contribution in [3.63, 3.8) is 0 Å². The van der Waals surface area contributed by atoms with Crippen LogP contribution in [-0.4, -0.2) is 21.6 Å². The summed E-state index contributed by atoms with van der Waals surface area (Å²) in [5, 5.41) is 3.94. The second kappa shape index (κ2) is 6.91. The van der Waals surface area contributed by atoms with Crippen molar-refractivity contribution in [2.45, 2.75) is 25.9 Å². The van der Waals surface area contributed by atoms with Gasteiger partial charge >= 0.3 is 0 Å². The third-order valence-electron chi connectivity index (χ3n) is 2.69. The minimum atomic E-state index is -0.131. The Balaban J connectivity index is 1.95. The Labute approximate surface area is 133 Å². The minimum Gasteiger partial charge on any atom is -0.324 e. The molecule has 6 heteroatoms. The van der Waals surface area contributed by atoms with Crippen LogP contribution in [-0.2, 0) is 4.79 Å². The first-order valence-electron chi connectivity index (χ1n) is 6.45. The Morgan fingerprint density at radius 1 is 1.19 bits per heavy atom. The quantitative estimate of drug-likeness (QED) is 0.687. The zero-order valence-corrected chi connectivity index (χ0v) is 13.7. The van der Waals surface area contributed by atoms with Gasteiger partial charge < -0.3 is 5.32 Å². The van der Waals surface area contributed by atoms with Crippen molar-refractivity contribution in [3.8, 4) is 0 Å². The highest BCUT2D eigenvalue weighted by atomic mass is 35.5. The number of benzene rings is 1. The lowest BCUT2D eigenvalue weighted by Gasteiger charge is -2.07. The van der Waals surface area contributed by atoms with E-state index in [9.17, 15) is 4.79 Å². The van der Waals surface area contributed by atoms with Crippen LogP contribution in [0.1, 0.15) is 17.0 Å². The van der Waals surface area contributed by atoms with E-state index in [1.807, 2.05) is 39.0 Å². The SMILES string of the molecule is Cc1ccc(NC(=O)CSc2nc(C)cc(C)n2)c(Cl)c1. The number of aryl methyl sites for hydroxylation is 3. The Morgan fingerprint density at radius 2 is 1.86 bits per heavy atom. The molecule has 1 amide bonds. The fourth-order valence-corrected chi connectivity index (χ4v) is 2.83. The minimum absolute atomic E-state index is 0.131. The van der Waals surface area contributed by atoms with E-state index in [0.29, 0.717) is 15.9 Å². The van der Waals surface area contributed by atoms with Gasteiger partial charge in [0, 0.05) is 11.4 Å². The van der Waals surface area contributed by atoms with Crippen molar-refractivity contribution in [3.05, 3.63) is 46.2 Å². The van der Waals surface area contributed by atoms with Gasteiger partial charge in [0.05, 0.1) is 16.5 Å². The van der Waals surface area contributed by atoms with Crippen LogP contribution in [0.4, 0.5) is 5.69 Å². The first-order valence-corrected chi connectivity index (χ1v) is 7.81. The van der Waals surface area contributed by atoms with Crippen LogP contribution < -0.4 is 5.32 Å². The molecule has 0 aliphatic carbocycles. The molecule has 0 fully saturated rings.